The number of rotatable bonds is 3. The molecule has 5 nitrogen and oxygen atoms in total. The average molecular weight is 368 g/mol. The molecular formula is C23H20N4O. The highest BCUT2D eigenvalue weighted by Crippen LogP contribution is 2.32. The number of likely N-dealkylation sites (tertiary alicyclic amines) is 1. The summed E-state index contributed by atoms with van der Waals surface area (Å²) in [4.78, 5) is 24.1. The molecule has 1 aromatic carbocycles. The first-order valence-electron chi connectivity index (χ1n) is 9.55. The molecule has 0 aliphatic carbocycles. The molecule has 4 heterocycles. The highest BCUT2D eigenvalue weighted by Gasteiger charge is 2.30. The number of nitrogens with zero attached hydrogens (tertiary/aromatic N) is 4. The molecule has 5 heteroatoms. The van der Waals surface area contributed by atoms with Gasteiger partial charge >= 0.3 is 0 Å². The molecule has 0 N–H and O–H groups in total. The number of pyridine rings is 2. The van der Waals surface area contributed by atoms with Gasteiger partial charge in [-0.25, -0.2) is 4.98 Å². The van der Waals surface area contributed by atoms with Crippen molar-refractivity contribution in [3.63, 3.8) is 0 Å². The van der Waals surface area contributed by atoms with E-state index in [1.54, 1.807) is 6.20 Å². The summed E-state index contributed by atoms with van der Waals surface area (Å²) in [7, 11) is 0. The molecule has 1 unspecified atom stereocenters. The average Bonchev–Trinajstić information content (AvgIpc) is 3.41. The molecule has 0 saturated carbocycles. The van der Waals surface area contributed by atoms with Gasteiger partial charge in [0.25, 0.3) is 5.91 Å². The Morgan fingerprint density at radius 3 is 2.71 bits per heavy atom. The van der Waals surface area contributed by atoms with Crippen molar-refractivity contribution in [2.45, 2.75) is 18.9 Å². The van der Waals surface area contributed by atoms with Crippen molar-refractivity contribution in [2.75, 3.05) is 6.54 Å². The minimum atomic E-state index is 0.0585. The van der Waals surface area contributed by atoms with E-state index in [9.17, 15) is 4.79 Å². The molecule has 5 rings (SSSR count). The van der Waals surface area contributed by atoms with Crippen LogP contribution in [-0.2, 0) is 0 Å². The predicted molar refractivity (Wildman–Crippen MR) is 108 cm³/mol. The predicted octanol–water partition coefficient (Wildman–Crippen LogP) is 4.37. The number of aromatic nitrogens is 3. The van der Waals surface area contributed by atoms with Crippen LogP contribution in [0, 0.1) is 0 Å². The zero-order valence-corrected chi connectivity index (χ0v) is 15.4. The lowest BCUT2D eigenvalue weighted by Gasteiger charge is -2.25. The Morgan fingerprint density at radius 1 is 1.00 bits per heavy atom. The highest BCUT2D eigenvalue weighted by molar-refractivity contribution is 5.94. The molecule has 0 spiro atoms. The first kappa shape index (κ1) is 16.7. The number of carbonyl (C=O) groups is 1. The maximum Gasteiger partial charge on any atom is 0.255 e. The summed E-state index contributed by atoms with van der Waals surface area (Å²) in [6, 6.07) is 17.9. The number of imidazole rings is 1. The molecule has 1 saturated heterocycles. The smallest absolute Gasteiger partial charge is 0.255 e. The Balaban J connectivity index is 1.46. The molecule has 28 heavy (non-hydrogen) atoms. The third-order valence-electron chi connectivity index (χ3n) is 5.35. The fourth-order valence-corrected chi connectivity index (χ4v) is 3.96. The molecular weight excluding hydrogens is 348 g/mol. The normalized spacial score (nSPS) is 16.6. The zero-order valence-electron chi connectivity index (χ0n) is 15.4. The Bertz CT molecular complexity index is 1120. The van der Waals surface area contributed by atoms with Crippen LogP contribution < -0.4 is 0 Å². The van der Waals surface area contributed by atoms with Crippen LogP contribution in [0.1, 0.15) is 34.8 Å². The van der Waals surface area contributed by atoms with Gasteiger partial charge in [-0.2, -0.15) is 0 Å². The fourth-order valence-electron chi connectivity index (χ4n) is 3.96. The van der Waals surface area contributed by atoms with Gasteiger partial charge in [0, 0.05) is 36.9 Å². The van der Waals surface area contributed by atoms with Gasteiger partial charge in [0.05, 0.1) is 17.3 Å². The van der Waals surface area contributed by atoms with Crippen LogP contribution in [0.4, 0.5) is 0 Å². The van der Waals surface area contributed by atoms with Crippen LogP contribution in [-0.4, -0.2) is 31.7 Å². The SMILES string of the molecule is O=C(c1ccc2nc(-c3ccccc3)cn2c1)N1CCCC1c1cccnc1. The van der Waals surface area contributed by atoms with Crippen molar-refractivity contribution in [3.05, 3.63) is 90.5 Å². The van der Waals surface area contributed by atoms with Crippen molar-refractivity contribution in [1.29, 1.82) is 0 Å². The zero-order chi connectivity index (χ0) is 18.9. The molecule has 1 aliphatic rings. The Morgan fingerprint density at radius 2 is 1.89 bits per heavy atom. The number of amides is 1. The third kappa shape index (κ3) is 2.95. The van der Waals surface area contributed by atoms with Crippen molar-refractivity contribution in [2.24, 2.45) is 0 Å². The molecule has 1 atom stereocenters. The molecule has 1 fully saturated rings. The quantitative estimate of drug-likeness (QED) is 0.539. The summed E-state index contributed by atoms with van der Waals surface area (Å²) in [5.41, 5.74) is 4.58. The van der Waals surface area contributed by atoms with Gasteiger partial charge in [-0.1, -0.05) is 36.4 Å². The van der Waals surface area contributed by atoms with Crippen LogP contribution in [0.2, 0.25) is 0 Å². The van der Waals surface area contributed by atoms with E-state index in [2.05, 4.69) is 16.0 Å². The van der Waals surface area contributed by atoms with E-state index < -0.39 is 0 Å². The van der Waals surface area contributed by atoms with Crippen molar-refractivity contribution in [1.82, 2.24) is 19.3 Å². The fraction of sp³-hybridized carbons (Fsp3) is 0.174. The van der Waals surface area contributed by atoms with E-state index in [-0.39, 0.29) is 11.9 Å². The van der Waals surface area contributed by atoms with Crippen LogP contribution in [0.5, 0.6) is 0 Å². The van der Waals surface area contributed by atoms with Gasteiger partial charge in [-0.3, -0.25) is 9.78 Å². The summed E-state index contributed by atoms with van der Waals surface area (Å²) in [6.45, 7) is 0.773. The topological polar surface area (TPSA) is 50.5 Å². The van der Waals surface area contributed by atoms with Crippen molar-refractivity contribution >= 4 is 11.6 Å². The standard InChI is InChI=1S/C23H20N4O/c28-23(27-13-5-9-21(27)18-8-4-12-24-14-18)19-10-11-22-25-20(16-26(22)15-19)17-6-2-1-3-7-17/h1-4,6-8,10-12,14-16,21H,5,9,13H2. The van der Waals surface area contributed by atoms with Gasteiger partial charge in [0.1, 0.15) is 5.65 Å². The van der Waals surface area contributed by atoms with Gasteiger partial charge in [0.15, 0.2) is 0 Å². The first-order valence-corrected chi connectivity index (χ1v) is 9.55. The van der Waals surface area contributed by atoms with Gasteiger partial charge < -0.3 is 9.30 Å². The summed E-state index contributed by atoms with van der Waals surface area (Å²) >= 11 is 0. The lowest BCUT2D eigenvalue weighted by Crippen LogP contribution is -2.30. The van der Waals surface area contributed by atoms with E-state index in [4.69, 9.17) is 0 Å². The van der Waals surface area contributed by atoms with Crippen LogP contribution in [0.15, 0.2) is 79.4 Å². The van der Waals surface area contributed by atoms with Gasteiger partial charge in [0.2, 0.25) is 0 Å². The Kier molecular flexibility index (Phi) is 4.13. The summed E-state index contributed by atoms with van der Waals surface area (Å²) in [5.74, 6) is 0.0585. The van der Waals surface area contributed by atoms with Crippen LogP contribution >= 0.6 is 0 Å². The van der Waals surface area contributed by atoms with E-state index >= 15 is 0 Å². The minimum Gasteiger partial charge on any atom is -0.332 e. The minimum absolute atomic E-state index is 0.0585. The highest BCUT2D eigenvalue weighted by atomic mass is 16.2. The second-order valence-corrected chi connectivity index (χ2v) is 7.12. The third-order valence-corrected chi connectivity index (χ3v) is 5.35. The Hall–Kier alpha value is -3.47. The number of hydrogen-bond donors (Lipinski definition) is 0. The molecule has 1 amide bonds. The second-order valence-electron chi connectivity index (χ2n) is 7.12. The summed E-state index contributed by atoms with van der Waals surface area (Å²) in [5, 5.41) is 0. The molecule has 3 aromatic heterocycles. The maximum absolute atomic E-state index is 13.2. The van der Waals surface area contributed by atoms with E-state index in [1.165, 1.54) is 0 Å². The van der Waals surface area contributed by atoms with E-state index in [0.29, 0.717) is 5.56 Å². The molecule has 138 valence electrons. The molecule has 1 aliphatic heterocycles. The lowest BCUT2D eigenvalue weighted by molar-refractivity contribution is 0.0735. The summed E-state index contributed by atoms with van der Waals surface area (Å²) in [6.07, 6.45) is 9.48. The largest absolute Gasteiger partial charge is 0.332 e. The maximum atomic E-state index is 13.2. The molecule has 4 aromatic rings. The first-order chi connectivity index (χ1) is 13.8. The Labute approximate surface area is 163 Å². The number of carbonyl (C=O) groups excluding carboxylic acids is 1. The lowest BCUT2D eigenvalue weighted by atomic mass is 10.1. The number of benzene rings is 1. The van der Waals surface area contributed by atoms with Crippen LogP contribution in [0.3, 0.4) is 0 Å². The van der Waals surface area contributed by atoms with E-state index in [1.807, 2.05) is 76.4 Å². The van der Waals surface area contributed by atoms with Crippen molar-refractivity contribution in [3.8, 4) is 11.3 Å². The van der Waals surface area contributed by atoms with E-state index in [0.717, 1.165) is 41.9 Å². The second kappa shape index (κ2) is 6.93. The molecule has 0 radical (unpaired) electrons. The number of fused-ring (bicyclic) bond motifs is 1. The van der Waals surface area contributed by atoms with Gasteiger partial charge in [-0.15, -0.1) is 0 Å². The summed E-state index contributed by atoms with van der Waals surface area (Å²) < 4.78 is 1.94. The van der Waals surface area contributed by atoms with Gasteiger partial charge in [-0.05, 0) is 36.6 Å². The molecule has 0 bridgehead atoms. The van der Waals surface area contributed by atoms with Crippen molar-refractivity contribution < 1.29 is 4.79 Å². The van der Waals surface area contributed by atoms with Crippen LogP contribution in [0.25, 0.3) is 16.9 Å². The monoisotopic (exact) mass is 368 g/mol. The number of hydrogen-bond acceptors (Lipinski definition) is 3.